The van der Waals surface area contributed by atoms with E-state index in [1.807, 2.05) is 24.3 Å². The Balaban J connectivity index is 2.21. The van der Waals surface area contributed by atoms with Gasteiger partial charge in [-0.15, -0.1) is 0 Å². The van der Waals surface area contributed by atoms with E-state index in [9.17, 15) is 0 Å². The maximum absolute atomic E-state index is 8.82. The fraction of sp³-hybridized carbons (Fsp3) is 0.333. The zero-order valence-electron chi connectivity index (χ0n) is 6.60. The summed E-state index contributed by atoms with van der Waals surface area (Å²) >= 11 is 0. The summed E-state index contributed by atoms with van der Waals surface area (Å²) in [5, 5.41) is 8.82. The molecule has 2 unspecified atom stereocenters. The van der Waals surface area contributed by atoms with Gasteiger partial charge in [0.1, 0.15) is 18.5 Å². The molecule has 3 nitrogen and oxygen atoms in total. The molecule has 0 fully saturated rings. The molecule has 2 atom stereocenters. The van der Waals surface area contributed by atoms with Gasteiger partial charge >= 0.3 is 0 Å². The van der Waals surface area contributed by atoms with Crippen LogP contribution < -0.4 is 5.73 Å². The normalized spacial score (nSPS) is 32.1. The zero-order valence-corrected chi connectivity index (χ0v) is 6.60. The van der Waals surface area contributed by atoms with E-state index in [0.717, 1.165) is 5.70 Å². The van der Waals surface area contributed by atoms with Crippen molar-refractivity contribution in [3.63, 3.8) is 0 Å². The Labute approximate surface area is 70.8 Å². The highest BCUT2D eigenvalue weighted by Gasteiger charge is 2.30. The fourth-order valence-corrected chi connectivity index (χ4v) is 1.51. The van der Waals surface area contributed by atoms with Crippen molar-refractivity contribution in [3.8, 4) is 0 Å². The van der Waals surface area contributed by atoms with Crippen molar-refractivity contribution in [2.75, 3.05) is 6.61 Å². The summed E-state index contributed by atoms with van der Waals surface area (Å²) in [6.07, 6.45) is 7.58. The van der Waals surface area contributed by atoms with Crippen LogP contribution in [0.25, 0.3) is 0 Å². The van der Waals surface area contributed by atoms with Crippen molar-refractivity contribution in [1.29, 1.82) is 0 Å². The van der Waals surface area contributed by atoms with Crippen LogP contribution in [0.5, 0.6) is 0 Å². The summed E-state index contributed by atoms with van der Waals surface area (Å²) in [6, 6.07) is 0. The van der Waals surface area contributed by atoms with Crippen molar-refractivity contribution in [3.05, 3.63) is 35.8 Å². The monoisotopic (exact) mass is 165 g/mol. The lowest BCUT2D eigenvalue weighted by atomic mass is 9.96. The molecule has 1 aliphatic heterocycles. The lowest BCUT2D eigenvalue weighted by molar-refractivity contribution is 0.122. The van der Waals surface area contributed by atoms with Gasteiger partial charge in [0.15, 0.2) is 0 Å². The number of allylic oxidation sites excluding steroid dienone is 2. The summed E-state index contributed by atoms with van der Waals surface area (Å²) in [4.78, 5) is 0. The molecule has 0 saturated heterocycles. The van der Waals surface area contributed by atoms with Crippen LogP contribution in [0.3, 0.4) is 0 Å². The van der Waals surface area contributed by atoms with E-state index < -0.39 is 0 Å². The van der Waals surface area contributed by atoms with Gasteiger partial charge in [-0.2, -0.15) is 0 Å². The van der Waals surface area contributed by atoms with Crippen LogP contribution in [0.15, 0.2) is 35.8 Å². The van der Waals surface area contributed by atoms with E-state index >= 15 is 0 Å². The van der Waals surface area contributed by atoms with Crippen LogP contribution in [-0.4, -0.2) is 17.8 Å². The Morgan fingerprint density at radius 2 is 2.42 bits per heavy atom. The quantitative estimate of drug-likeness (QED) is 0.587. The van der Waals surface area contributed by atoms with Gasteiger partial charge in [0.25, 0.3) is 0 Å². The van der Waals surface area contributed by atoms with Gasteiger partial charge in [-0.3, -0.25) is 0 Å². The molecule has 1 aliphatic carbocycles. The molecule has 2 aliphatic rings. The fourth-order valence-electron chi connectivity index (χ4n) is 1.51. The Hall–Kier alpha value is -1.22. The van der Waals surface area contributed by atoms with Crippen molar-refractivity contribution in [1.82, 2.24) is 0 Å². The molecule has 1 heterocycles. The first-order valence-electron chi connectivity index (χ1n) is 3.93. The largest absolute Gasteiger partial charge is 0.485 e. The standard InChI is InChI=1S/C9H11NO2/c10-8-3-1-2-6-4-7(5-11)12-9(6)8/h1-4,6,9,11H,5,10H2. The molecule has 0 spiro atoms. The number of aliphatic hydroxyl groups excluding tert-OH is 1. The van der Waals surface area contributed by atoms with Crippen molar-refractivity contribution >= 4 is 0 Å². The van der Waals surface area contributed by atoms with Crippen LogP contribution in [-0.2, 0) is 4.74 Å². The van der Waals surface area contributed by atoms with Gasteiger partial charge < -0.3 is 15.6 Å². The molecular weight excluding hydrogens is 154 g/mol. The average molecular weight is 165 g/mol. The van der Waals surface area contributed by atoms with E-state index in [-0.39, 0.29) is 18.6 Å². The molecular formula is C9H11NO2. The lowest BCUT2D eigenvalue weighted by Gasteiger charge is -2.19. The van der Waals surface area contributed by atoms with Crippen LogP contribution in [0.4, 0.5) is 0 Å². The molecule has 3 N–H and O–H groups in total. The minimum Gasteiger partial charge on any atom is -0.485 e. The van der Waals surface area contributed by atoms with Crippen molar-refractivity contribution in [2.24, 2.45) is 11.7 Å². The van der Waals surface area contributed by atoms with E-state index in [4.69, 9.17) is 15.6 Å². The summed E-state index contributed by atoms with van der Waals surface area (Å²) in [5.74, 6) is 0.824. The minimum absolute atomic E-state index is 0.0475. The molecule has 64 valence electrons. The van der Waals surface area contributed by atoms with E-state index in [1.54, 1.807) is 0 Å². The molecule has 0 radical (unpaired) electrons. The number of nitrogens with two attached hydrogens (primary N) is 1. The predicted molar refractivity (Wildman–Crippen MR) is 44.9 cm³/mol. The second-order valence-corrected chi connectivity index (χ2v) is 2.96. The molecule has 0 aromatic rings. The summed E-state index contributed by atoms with van der Waals surface area (Å²) in [6.45, 7) is -0.0475. The Morgan fingerprint density at radius 3 is 3.08 bits per heavy atom. The van der Waals surface area contributed by atoms with Crippen LogP contribution in [0.1, 0.15) is 0 Å². The second kappa shape index (κ2) is 2.68. The Bertz CT molecular complexity index is 278. The third kappa shape index (κ3) is 1.02. The molecule has 2 rings (SSSR count). The van der Waals surface area contributed by atoms with E-state index in [0.29, 0.717) is 5.76 Å². The third-order valence-corrected chi connectivity index (χ3v) is 2.11. The van der Waals surface area contributed by atoms with Crippen LogP contribution in [0, 0.1) is 5.92 Å². The molecule has 12 heavy (non-hydrogen) atoms. The smallest absolute Gasteiger partial charge is 0.147 e. The van der Waals surface area contributed by atoms with Crippen molar-refractivity contribution in [2.45, 2.75) is 6.10 Å². The summed E-state index contributed by atoms with van der Waals surface area (Å²) in [7, 11) is 0. The first kappa shape index (κ1) is 7.43. The predicted octanol–water partition coefficient (Wildman–Crippen LogP) is 0.290. The van der Waals surface area contributed by atoms with Gasteiger partial charge in [-0.05, 0) is 12.2 Å². The lowest BCUT2D eigenvalue weighted by Crippen LogP contribution is -2.25. The Morgan fingerprint density at radius 1 is 1.58 bits per heavy atom. The van der Waals surface area contributed by atoms with Crippen molar-refractivity contribution < 1.29 is 9.84 Å². The molecule has 3 heteroatoms. The maximum Gasteiger partial charge on any atom is 0.147 e. The first-order chi connectivity index (χ1) is 5.81. The number of rotatable bonds is 1. The first-order valence-corrected chi connectivity index (χ1v) is 3.93. The molecule has 0 aromatic carbocycles. The SMILES string of the molecule is NC1=CC=CC2C=C(CO)OC12. The van der Waals surface area contributed by atoms with Gasteiger partial charge in [-0.1, -0.05) is 12.2 Å². The summed E-state index contributed by atoms with van der Waals surface area (Å²) in [5.41, 5.74) is 6.43. The maximum atomic E-state index is 8.82. The van der Waals surface area contributed by atoms with Gasteiger partial charge in [0, 0.05) is 5.92 Å². The van der Waals surface area contributed by atoms with Gasteiger partial charge in [-0.25, -0.2) is 0 Å². The van der Waals surface area contributed by atoms with Gasteiger partial charge in [0.05, 0.1) is 5.70 Å². The topological polar surface area (TPSA) is 55.5 Å². The van der Waals surface area contributed by atoms with Crippen LogP contribution >= 0.6 is 0 Å². The molecule has 0 saturated carbocycles. The van der Waals surface area contributed by atoms with E-state index in [1.165, 1.54) is 0 Å². The van der Waals surface area contributed by atoms with E-state index in [2.05, 4.69) is 0 Å². The molecule has 0 bridgehead atoms. The number of ether oxygens (including phenoxy) is 1. The highest BCUT2D eigenvalue weighted by molar-refractivity contribution is 5.29. The zero-order chi connectivity index (χ0) is 8.55. The number of hydrogen-bond donors (Lipinski definition) is 2. The average Bonchev–Trinajstić information content (AvgIpc) is 2.49. The number of hydrogen-bond acceptors (Lipinski definition) is 3. The third-order valence-electron chi connectivity index (χ3n) is 2.11. The van der Waals surface area contributed by atoms with Gasteiger partial charge in [0.2, 0.25) is 0 Å². The molecule has 0 amide bonds. The number of fused-ring (bicyclic) bond motifs is 1. The van der Waals surface area contributed by atoms with Crippen LogP contribution in [0.2, 0.25) is 0 Å². The highest BCUT2D eigenvalue weighted by Crippen LogP contribution is 2.29. The summed E-state index contributed by atoms with van der Waals surface area (Å²) < 4.78 is 5.39. The highest BCUT2D eigenvalue weighted by atomic mass is 16.5. The Kier molecular flexibility index (Phi) is 1.66. The second-order valence-electron chi connectivity index (χ2n) is 2.96. The molecule has 0 aromatic heterocycles. The minimum atomic E-state index is -0.0860. The number of aliphatic hydroxyl groups is 1.